The Bertz CT molecular complexity index is 368. The van der Waals surface area contributed by atoms with Crippen LogP contribution in [-0.4, -0.2) is 47.2 Å². The van der Waals surface area contributed by atoms with Crippen LogP contribution in [0.1, 0.15) is 32.1 Å². The molecule has 0 aromatic carbocycles. The second kappa shape index (κ2) is 4.53. The van der Waals surface area contributed by atoms with E-state index in [2.05, 4.69) is 0 Å². The van der Waals surface area contributed by atoms with E-state index in [1.807, 2.05) is 4.90 Å². The lowest BCUT2D eigenvalue weighted by molar-refractivity contribution is -0.153. The molecule has 1 saturated heterocycles. The van der Waals surface area contributed by atoms with Crippen LogP contribution in [0.15, 0.2) is 0 Å². The summed E-state index contributed by atoms with van der Waals surface area (Å²) in [5, 5.41) is 8.91. The summed E-state index contributed by atoms with van der Waals surface area (Å²) in [6, 6.07) is 0.190. The number of rotatable bonds is 2. The van der Waals surface area contributed by atoms with Crippen LogP contribution in [0.4, 0.5) is 0 Å². The van der Waals surface area contributed by atoms with E-state index in [1.54, 1.807) is 0 Å². The highest BCUT2D eigenvalue weighted by atomic mass is 16.5. The van der Waals surface area contributed by atoms with E-state index in [0.29, 0.717) is 19.6 Å². The molecule has 1 heterocycles. The van der Waals surface area contributed by atoms with Crippen molar-refractivity contribution < 1.29 is 19.4 Å². The van der Waals surface area contributed by atoms with Crippen molar-refractivity contribution in [2.75, 3.05) is 13.2 Å². The molecule has 5 nitrogen and oxygen atoms in total. The Morgan fingerprint density at radius 2 is 1.94 bits per heavy atom. The topological polar surface area (TPSA) is 66.8 Å². The normalized spacial score (nSPS) is 39.0. The van der Waals surface area contributed by atoms with Gasteiger partial charge < -0.3 is 14.7 Å². The molecule has 3 rings (SSSR count). The summed E-state index contributed by atoms with van der Waals surface area (Å²) < 4.78 is 5.73. The van der Waals surface area contributed by atoms with E-state index in [1.165, 1.54) is 6.42 Å². The van der Waals surface area contributed by atoms with Crippen LogP contribution in [0.2, 0.25) is 0 Å². The van der Waals surface area contributed by atoms with Gasteiger partial charge >= 0.3 is 5.97 Å². The number of hydrogen-bond acceptors (Lipinski definition) is 3. The minimum absolute atomic E-state index is 0.0441. The highest BCUT2D eigenvalue weighted by molar-refractivity contribution is 5.89. The molecule has 2 unspecified atom stereocenters. The maximum atomic E-state index is 12.3. The Hall–Kier alpha value is -1.10. The Morgan fingerprint density at radius 3 is 2.67 bits per heavy atom. The molecule has 0 radical (unpaired) electrons. The maximum absolute atomic E-state index is 12.3. The van der Waals surface area contributed by atoms with Crippen molar-refractivity contribution in [1.29, 1.82) is 0 Å². The Labute approximate surface area is 106 Å². The van der Waals surface area contributed by atoms with Crippen LogP contribution in [0, 0.1) is 11.8 Å². The predicted octanol–water partition coefficient (Wildman–Crippen LogP) is 0.877. The number of morpholine rings is 1. The number of ether oxygens (including phenoxy) is 1. The Morgan fingerprint density at radius 1 is 1.17 bits per heavy atom. The van der Waals surface area contributed by atoms with Gasteiger partial charge in [0.25, 0.3) is 0 Å². The minimum Gasteiger partial charge on any atom is -0.481 e. The summed E-state index contributed by atoms with van der Waals surface area (Å²) in [7, 11) is 0. The third-order valence-electron chi connectivity index (χ3n) is 4.44. The molecule has 3 fully saturated rings. The Balaban J connectivity index is 1.67. The molecule has 3 aliphatic rings. The lowest BCUT2D eigenvalue weighted by Gasteiger charge is -2.44. The molecule has 2 aliphatic carbocycles. The fraction of sp³-hybridized carbons (Fsp3) is 0.846. The monoisotopic (exact) mass is 253 g/mol. The van der Waals surface area contributed by atoms with Gasteiger partial charge in [-0.2, -0.15) is 0 Å². The molecule has 2 saturated carbocycles. The van der Waals surface area contributed by atoms with Crippen molar-refractivity contribution in [3.05, 3.63) is 0 Å². The van der Waals surface area contributed by atoms with Crippen molar-refractivity contribution in [2.45, 2.75) is 44.2 Å². The van der Waals surface area contributed by atoms with E-state index in [0.717, 1.165) is 19.3 Å². The van der Waals surface area contributed by atoms with E-state index in [4.69, 9.17) is 9.84 Å². The summed E-state index contributed by atoms with van der Waals surface area (Å²) in [6.45, 7) is 1.22. The third kappa shape index (κ3) is 2.00. The van der Waals surface area contributed by atoms with E-state index < -0.39 is 11.9 Å². The smallest absolute Gasteiger partial charge is 0.307 e. The number of carbonyl (C=O) groups is 2. The summed E-state index contributed by atoms with van der Waals surface area (Å²) in [5.41, 5.74) is 0. The van der Waals surface area contributed by atoms with Gasteiger partial charge in [-0.15, -0.1) is 0 Å². The van der Waals surface area contributed by atoms with Gasteiger partial charge in [-0.1, -0.05) is 12.8 Å². The molecule has 0 aromatic heterocycles. The zero-order valence-electron chi connectivity index (χ0n) is 10.4. The average Bonchev–Trinajstić information content (AvgIpc) is 3.17. The van der Waals surface area contributed by atoms with Gasteiger partial charge in [0.1, 0.15) is 0 Å². The average molecular weight is 253 g/mol. The molecule has 100 valence electrons. The summed E-state index contributed by atoms with van der Waals surface area (Å²) in [5.74, 6) is -1.50. The number of hydrogen-bond donors (Lipinski definition) is 1. The molecule has 1 amide bonds. The SMILES string of the molecule is O=C(O)[C@H]1C[C@H]1C(=O)N1CCOC2CCCCC21. The van der Waals surface area contributed by atoms with Gasteiger partial charge in [0, 0.05) is 6.54 Å². The van der Waals surface area contributed by atoms with E-state index in [-0.39, 0.29) is 24.0 Å². The second-order valence-corrected chi connectivity index (χ2v) is 5.58. The number of nitrogens with zero attached hydrogens (tertiary/aromatic N) is 1. The molecule has 0 spiro atoms. The van der Waals surface area contributed by atoms with Crippen molar-refractivity contribution in [3.8, 4) is 0 Å². The van der Waals surface area contributed by atoms with Gasteiger partial charge in [-0.25, -0.2) is 0 Å². The molecule has 0 bridgehead atoms. The first-order valence-electron chi connectivity index (χ1n) is 6.83. The number of aliphatic carboxylic acids is 1. The van der Waals surface area contributed by atoms with Crippen molar-refractivity contribution >= 4 is 11.9 Å². The van der Waals surface area contributed by atoms with E-state index in [9.17, 15) is 9.59 Å². The number of carboxylic acids is 1. The van der Waals surface area contributed by atoms with Crippen molar-refractivity contribution in [3.63, 3.8) is 0 Å². The molecule has 18 heavy (non-hydrogen) atoms. The number of carbonyl (C=O) groups excluding carboxylic acids is 1. The van der Waals surface area contributed by atoms with Crippen LogP contribution >= 0.6 is 0 Å². The summed E-state index contributed by atoms with van der Waals surface area (Å²) in [6.07, 6.45) is 5.04. The van der Waals surface area contributed by atoms with E-state index >= 15 is 0 Å². The summed E-state index contributed by atoms with van der Waals surface area (Å²) in [4.78, 5) is 25.1. The first kappa shape index (κ1) is 12.0. The molecular formula is C13H19NO4. The standard InChI is InChI=1S/C13H19NO4/c15-12(8-7-9(8)13(16)17)14-5-6-18-11-4-2-1-3-10(11)14/h8-11H,1-7H2,(H,16,17)/t8-,9+,10?,11?/m1/s1. The minimum atomic E-state index is -0.832. The second-order valence-electron chi connectivity index (χ2n) is 5.58. The highest BCUT2D eigenvalue weighted by Gasteiger charge is 2.51. The number of fused-ring (bicyclic) bond motifs is 1. The van der Waals surface area contributed by atoms with Crippen LogP contribution in [-0.2, 0) is 14.3 Å². The van der Waals surface area contributed by atoms with Gasteiger partial charge in [0.05, 0.1) is 30.6 Å². The van der Waals surface area contributed by atoms with Crippen LogP contribution in [0.3, 0.4) is 0 Å². The molecule has 4 atom stereocenters. The van der Waals surface area contributed by atoms with Gasteiger partial charge in [0.2, 0.25) is 5.91 Å². The molecule has 0 aromatic rings. The maximum Gasteiger partial charge on any atom is 0.307 e. The number of carboxylic acid groups (broad SMARTS) is 1. The molecule has 1 N–H and O–H groups in total. The predicted molar refractivity (Wildman–Crippen MR) is 62.9 cm³/mol. The lowest BCUT2D eigenvalue weighted by atomic mass is 9.90. The van der Waals surface area contributed by atoms with Gasteiger partial charge in [-0.3, -0.25) is 9.59 Å². The molecular weight excluding hydrogens is 234 g/mol. The van der Waals surface area contributed by atoms with Crippen molar-refractivity contribution in [2.24, 2.45) is 11.8 Å². The van der Waals surface area contributed by atoms with Gasteiger partial charge in [-0.05, 0) is 19.3 Å². The zero-order valence-corrected chi connectivity index (χ0v) is 10.4. The largest absolute Gasteiger partial charge is 0.481 e. The quantitative estimate of drug-likeness (QED) is 0.793. The van der Waals surface area contributed by atoms with Gasteiger partial charge in [0.15, 0.2) is 0 Å². The number of amides is 1. The van der Waals surface area contributed by atoms with Crippen LogP contribution < -0.4 is 0 Å². The lowest BCUT2D eigenvalue weighted by Crippen LogP contribution is -2.55. The third-order valence-corrected chi connectivity index (χ3v) is 4.44. The Kier molecular flexibility index (Phi) is 3.01. The fourth-order valence-corrected chi connectivity index (χ4v) is 3.32. The summed E-state index contributed by atoms with van der Waals surface area (Å²) >= 11 is 0. The van der Waals surface area contributed by atoms with Crippen molar-refractivity contribution in [1.82, 2.24) is 4.90 Å². The molecule has 5 heteroatoms. The van der Waals surface area contributed by atoms with Crippen LogP contribution in [0.5, 0.6) is 0 Å². The van der Waals surface area contributed by atoms with Crippen LogP contribution in [0.25, 0.3) is 0 Å². The first-order chi connectivity index (χ1) is 8.68. The highest BCUT2D eigenvalue weighted by Crippen LogP contribution is 2.41. The molecule has 1 aliphatic heterocycles. The fourth-order valence-electron chi connectivity index (χ4n) is 3.32. The first-order valence-corrected chi connectivity index (χ1v) is 6.83. The zero-order chi connectivity index (χ0) is 12.7.